The summed E-state index contributed by atoms with van der Waals surface area (Å²) in [7, 11) is 3.07. The Bertz CT molecular complexity index is 599. The van der Waals surface area contributed by atoms with Crippen molar-refractivity contribution < 1.29 is 9.47 Å². The third-order valence-electron chi connectivity index (χ3n) is 2.98. The van der Waals surface area contributed by atoms with Crippen LogP contribution in [0.1, 0.15) is 0 Å². The minimum atomic E-state index is 0.436. The van der Waals surface area contributed by atoms with Gasteiger partial charge in [-0.25, -0.2) is 0 Å². The summed E-state index contributed by atoms with van der Waals surface area (Å²) in [6.45, 7) is 0. The van der Waals surface area contributed by atoms with Crippen molar-refractivity contribution >= 4 is 22.7 Å². The predicted octanol–water partition coefficient (Wildman–Crippen LogP) is 1.70. The molecule has 0 aliphatic carbocycles. The van der Waals surface area contributed by atoms with Crippen molar-refractivity contribution in [2.45, 2.75) is 0 Å². The average Bonchev–Trinajstić information content (AvgIpc) is 2.37. The molecule has 2 aromatic carbocycles. The van der Waals surface area contributed by atoms with Crippen molar-refractivity contribution in [1.29, 1.82) is 0 Å². The van der Waals surface area contributed by atoms with Gasteiger partial charge in [-0.15, -0.1) is 0 Å². The molecule has 106 valence electrons. The van der Waals surface area contributed by atoms with Crippen LogP contribution in [0.25, 0.3) is 11.1 Å². The van der Waals surface area contributed by atoms with Gasteiger partial charge in [0.15, 0.2) is 0 Å². The Morgan fingerprint density at radius 2 is 1.00 bits per heavy atom. The molecule has 0 spiro atoms. The summed E-state index contributed by atoms with van der Waals surface area (Å²) in [5, 5.41) is 0. The van der Waals surface area contributed by atoms with Gasteiger partial charge in [-0.05, 0) is 24.3 Å². The van der Waals surface area contributed by atoms with Crippen LogP contribution in [0.2, 0.25) is 0 Å². The van der Waals surface area contributed by atoms with E-state index in [1.165, 1.54) is 14.2 Å². The lowest BCUT2D eigenvalue weighted by atomic mass is 10.00. The van der Waals surface area contributed by atoms with Gasteiger partial charge in [-0.1, -0.05) is 0 Å². The molecule has 0 aromatic heterocycles. The molecule has 20 heavy (non-hydrogen) atoms. The quantitative estimate of drug-likeness (QED) is 0.632. The molecule has 0 bridgehead atoms. The third-order valence-corrected chi connectivity index (χ3v) is 2.98. The lowest BCUT2D eigenvalue weighted by Crippen LogP contribution is -2.01. The van der Waals surface area contributed by atoms with E-state index in [1.54, 1.807) is 24.3 Å². The Balaban J connectivity index is 2.80. The van der Waals surface area contributed by atoms with Crippen molar-refractivity contribution in [3.63, 3.8) is 0 Å². The van der Waals surface area contributed by atoms with Crippen molar-refractivity contribution in [2.24, 2.45) is 0 Å². The molecule has 2 rings (SSSR count). The zero-order valence-electron chi connectivity index (χ0n) is 11.4. The Morgan fingerprint density at radius 1 is 0.650 bits per heavy atom. The minimum absolute atomic E-state index is 0.436. The van der Waals surface area contributed by atoms with Gasteiger partial charge in [0.2, 0.25) is 0 Å². The Hall–Kier alpha value is -2.76. The Morgan fingerprint density at radius 3 is 1.30 bits per heavy atom. The summed E-state index contributed by atoms with van der Waals surface area (Å²) < 4.78 is 10.7. The SMILES string of the molecule is COc1c(N)cc(N)cc1-c1cc(N)cc(N)c1OC. The molecule has 0 heterocycles. The summed E-state index contributed by atoms with van der Waals surface area (Å²) >= 11 is 0. The van der Waals surface area contributed by atoms with Crippen molar-refractivity contribution in [3.8, 4) is 22.6 Å². The van der Waals surface area contributed by atoms with Crippen LogP contribution in [-0.2, 0) is 0 Å². The lowest BCUT2D eigenvalue weighted by Gasteiger charge is -2.17. The maximum Gasteiger partial charge on any atom is 0.149 e. The maximum absolute atomic E-state index is 5.93. The summed E-state index contributed by atoms with van der Waals surface area (Å²) in [5.41, 5.74) is 26.8. The van der Waals surface area contributed by atoms with Crippen molar-refractivity contribution in [2.75, 3.05) is 37.2 Å². The molecule has 0 radical (unpaired) electrons. The zero-order valence-corrected chi connectivity index (χ0v) is 11.4. The van der Waals surface area contributed by atoms with Crippen LogP contribution in [0, 0.1) is 0 Å². The van der Waals surface area contributed by atoms with E-state index in [9.17, 15) is 0 Å². The van der Waals surface area contributed by atoms with Crippen LogP contribution in [0.3, 0.4) is 0 Å². The van der Waals surface area contributed by atoms with E-state index < -0.39 is 0 Å². The molecule has 0 saturated carbocycles. The number of anilines is 4. The molecule has 0 fully saturated rings. The minimum Gasteiger partial charge on any atom is -0.494 e. The van der Waals surface area contributed by atoms with E-state index in [-0.39, 0.29) is 0 Å². The summed E-state index contributed by atoms with van der Waals surface area (Å²) in [4.78, 5) is 0. The van der Waals surface area contributed by atoms with Crippen molar-refractivity contribution in [3.05, 3.63) is 24.3 Å². The molecule has 6 heteroatoms. The number of methoxy groups -OCH3 is 2. The predicted molar refractivity (Wildman–Crippen MR) is 82.6 cm³/mol. The van der Waals surface area contributed by atoms with Crippen LogP contribution in [0.4, 0.5) is 22.7 Å². The molecule has 0 saturated heterocycles. The van der Waals surface area contributed by atoms with Crippen molar-refractivity contribution in [1.82, 2.24) is 0 Å². The highest BCUT2D eigenvalue weighted by molar-refractivity contribution is 5.88. The highest BCUT2D eigenvalue weighted by Crippen LogP contribution is 2.44. The van der Waals surface area contributed by atoms with E-state index in [4.69, 9.17) is 32.4 Å². The van der Waals surface area contributed by atoms with Gasteiger partial charge in [-0.2, -0.15) is 0 Å². The van der Waals surface area contributed by atoms with E-state index in [0.29, 0.717) is 45.4 Å². The molecule has 2 aromatic rings. The van der Waals surface area contributed by atoms with Crippen LogP contribution in [-0.4, -0.2) is 14.2 Å². The molecule has 6 nitrogen and oxygen atoms in total. The first-order chi connectivity index (χ1) is 9.47. The standard InChI is InChI=1S/C14H18N4O2/c1-19-13-9(3-7(15)5-11(13)17)10-4-8(16)6-12(18)14(10)20-2/h3-6H,15-18H2,1-2H3. The topological polar surface area (TPSA) is 123 Å². The first-order valence-electron chi connectivity index (χ1n) is 5.94. The monoisotopic (exact) mass is 274 g/mol. The molecule has 0 unspecified atom stereocenters. The first-order valence-corrected chi connectivity index (χ1v) is 5.94. The second-order valence-corrected chi connectivity index (χ2v) is 4.38. The number of hydrogen-bond acceptors (Lipinski definition) is 6. The summed E-state index contributed by atoms with van der Waals surface area (Å²) in [6.07, 6.45) is 0. The average molecular weight is 274 g/mol. The molecule has 0 amide bonds. The lowest BCUT2D eigenvalue weighted by molar-refractivity contribution is 0.412. The summed E-state index contributed by atoms with van der Waals surface area (Å²) in [5.74, 6) is 1.00. The van der Waals surface area contributed by atoms with E-state index in [1.807, 2.05) is 0 Å². The molecular formula is C14H18N4O2. The van der Waals surface area contributed by atoms with Gasteiger partial charge >= 0.3 is 0 Å². The van der Waals surface area contributed by atoms with Gasteiger partial charge in [0.1, 0.15) is 11.5 Å². The third kappa shape index (κ3) is 2.23. The second kappa shape index (κ2) is 5.08. The van der Waals surface area contributed by atoms with E-state index in [2.05, 4.69) is 0 Å². The van der Waals surface area contributed by atoms with Crippen LogP contribution < -0.4 is 32.4 Å². The fourth-order valence-electron chi connectivity index (χ4n) is 2.20. The fourth-order valence-corrected chi connectivity index (χ4v) is 2.20. The Labute approximate surface area is 117 Å². The van der Waals surface area contributed by atoms with Gasteiger partial charge in [0.05, 0.1) is 25.6 Å². The largest absolute Gasteiger partial charge is 0.494 e. The summed E-state index contributed by atoms with van der Waals surface area (Å²) in [6, 6.07) is 6.74. The van der Waals surface area contributed by atoms with Gasteiger partial charge in [0, 0.05) is 22.5 Å². The maximum atomic E-state index is 5.93. The smallest absolute Gasteiger partial charge is 0.149 e. The second-order valence-electron chi connectivity index (χ2n) is 4.38. The van der Waals surface area contributed by atoms with Gasteiger partial charge in [-0.3, -0.25) is 0 Å². The number of rotatable bonds is 3. The number of ether oxygens (including phenoxy) is 2. The zero-order chi connectivity index (χ0) is 14.9. The van der Waals surface area contributed by atoms with E-state index in [0.717, 1.165) is 0 Å². The molecule has 8 N–H and O–H groups in total. The molecule has 0 aliphatic rings. The highest BCUT2D eigenvalue weighted by Gasteiger charge is 2.17. The first kappa shape index (κ1) is 13.7. The molecular weight excluding hydrogens is 256 g/mol. The normalized spacial score (nSPS) is 10.3. The number of hydrogen-bond donors (Lipinski definition) is 4. The van der Waals surface area contributed by atoms with Crippen LogP contribution in [0.5, 0.6) is 11.5 Å². The van der Waals surface area contributed by atoms with Crippen LogP contribution >= 0.6 is 0 Å². The number of benzene rings is 2. The van der Waals surface area contributed by atoms with Gasteiger partial charge in [0.25, 0.3) is 0 Å². The number of nitrogen functional groups attached to an aromatic ring is 4. The molecule has 0 atom stereocenters. The number of nitrogens with two attached hydrogens (primary N) is 4. The fraction of sp³-hybridized carbons (Fsp3) is 0.143. The van der Waals surface area contributed by atoms with Crippen LogP contribution in [0.15, 0.2) is 24.3 Å². The molecule has 0 aliphatic heterocycles. The van der Waals surface area contributed by atoms with E-state index >= 15 is 0 Å². The van der Waals surface area contributed by atoms with Gasteiger partial charge < -0.3 is 32.4 Å². The highest BCUT2D eigenvalue weighted by atomic mass is 16.5. The Kier molecular flexibility index (Phi) is 3.47.